The van der Waals surface area contributed by atoms with Crippen LogP contribution >= 0.6 is 0 Å². The van der Waals surface area contributed by atoms with E-state index in [4.69, 9.17) is 23.7 Å². The number of carbonyl (C=O) groups excluding carboxylic acids is 2. The molecule has 0 radical (unpaired) electrons. The lowest BCUT2D eigenvalue weighted by molar-refractivity contribution is -0.150. The third kappa shape index (κ3) is 10.1. The molecule has 43 heavy (non-hydrogen) atoms. The summed E-state index contributed by atoms with van der Waals surface area (Å²) in [5.74, 6) is -0.150. The third-order valence-corrected chi connectivity index (χ3v) is 7.05. The number of nitrogens with one attached hydrogen (secondary N) is 1. The lowest BCUT2D eigenvalue weighted by Crippen LogP contribution is -2.48. The highest BCUT2D eigenvalue weighted by Crippen LogP contribution is 2.33. The molecular weight excluding hydrogens is 550 g/mol. The standard InChI is InChI=1S/C34H41NO8/c1-24-16-30(40-19-25-10-6-4-7-11-25)31(41-20-26-12-8-5-9-13-26)17-29(24)33(38)42-22-28(36)18-35-34(2,3)23-43-32(37)27-14-15-39-21-27/h4-13,16-17,27-28,35-36H,14-15,18-23H2,1-3H3/t27-,28?/m0/s1. The second-order valence-corrected chi connectivity index (χ2v) is 11.3. The second-order valence-electron chi connectivity index (χ2n) is 11.3. The van der Waals surface area contributed by atoms with E-state index in [2.05, 4.69) is 5.32 Å². The smallest absolute Gasteiger partial charge is 0.338 e. The van der Waals surface area contributed by atoms with Crippen LogP contribution in [0, 0.1) is 12.8 Å². The number of hydrogen-bond acceptors (Lipinski definition) is 9. The minimum Gasteiger partial charge on any atom is -0.485 e. The van der Waals surface area contributed by atoms with Gasteiger partial charge in [-0.25, -0.2) is 4.79 Å². The fraction of sp³-hybridized carbons (Fsp3) is 0.412. The van der Waals surface area contributed by atoms with E-state index in [1.165, 1.54) is 0 Å². The average molecular weight is 592 g/mol. The Hall–Kier alpha value is -3.92. The molecule has 3 aromatic rings. The largest absolute Gasteiger partial charge is 0.485 e. The average Bonchev–Trinajstić information content (AvgIpc) is 3.56. The number of aliphatic hydroxyl groups is 1. The van der Waals surface area contributed by atoms with Gasteiger partial charge in [0.15, 0.2) is 11.5 Å². The molecule has 1 saturated heterocycles. The number of ether oxygens (including phenoxy) is 5. The summed E-state index contributed by atoms with van der Waals surface area (Å²) in [6.07, 6.45) is -0.301. The number of β-amino-alcohol motifs (C(OH)–C–C–N with tert-alkyl or cyclic N) is 1. The van der Waals surface area contributed by atoms with E-state index in [0.717, 1.165) is 11.1 Å². The summed E-state index contributed by atoms with van der Waals surface area (Å²) in [6, 6.07) is 22.9. The Morgan fingerprint density at radius 3 is 2.14 bits per heavy atom. The lowest BCUT2D eigenvalue weighted by Gasteiger charge is -2.27. The van der Waals surface area contributed by atoms with Crippen LogP contribution in [0.2, 0.25) is 0 Å². The van der Waals surface area contributed by atoms with E-state index >= 15 is 0 Å². The van der Waals surface area contributed by atoms with Gasteiger partial charge in [0.25, 0.3) is 0 Å². The molecule has 0 aromatic heterocycles. The van der Waals surface area contributed by atoms with Crippen LogP contribution in [0.5, 0.6) is 11.5 Å². The molecule has 2 atom stereocenters. The first-order valence-corrected chi connectivity index (χ1v) is 14.5. The highest BCUT2D eigenvalue weighted by atomic mass is 16.5. The van der Waals surface area contributed by atoms with Gasteiger partial charge in [-0.1, -0.05) is 60.7 Å². The van der Waals surface area contributed by atoms with Gasteiger partial charge in [0.05, 0.1) is 18.1 Å². The number of hydrogen-bond donors (Lipinski definition) is 2. The van der Waals surface area contributed by atoms with Crippen LogP contribution in [0.15, 0.2) is 72.8 Å². The van der Waals surface area contributed by atoms with Crippen molar-refractivity contribution in [3.8, 4) is 11.5 Å². The third-order valence-electron chi connectivity index (χ3n) is 7.05. The minimum atomic E-state index is -0.968. The van der Waals surface area contributed by atoms with Gasteiger partial charge in [-0.3, -0.25) is 4.79 Å². The highest BCUT2D eigenvalue weighted by Gasteiger charge is 2.28. The van der Waals surface area contributed by atoms with Crippen molar-refractivity contribution in [1.29, 1.82) is 0 Å². The number of benzene rings is 3. The maximum Gasteiger partial charge on any atom is 0.338 e. The van der Waals surface area contributed by atoms with Gasteiger partial charge in [0.2, 0.25) is 0 Å². The zero-order chi connectivity index (χ0) is 30.7. The van der Waals surface area contributed by atoms with Gasteiger partial charge in [0.1, 0.15) is 32.5 Å². The molecule has 1 aliphatic rings. The highest BCUT2D eigenvalue weighted by molar-refractivity contribution is 5.92. The molecule has 1 aliphatic heterocycles. The fourth-order valence-corrected chi connectivity index (χ4v) is 4.42. The SMILES string of the molecule is Cc1cc(OCc2ccccc2)c(OCc2ccccc2)cc1C(=O)OCC(O)CNC(C)(C)COC(=O)[C@H]1CCOC1. The predicted octanol–water partition coefficient (Wildman–Crippen LogP) is 4.62. The summed E-state index contributed by atoms with van der Waals surface area (Å²) >= 11 is 0. The molecule has 1 unspecified atom stereocenters. The maximum atomic E-state index is 13.1. The first kappa shape index (κ1) is 32.0. The molecule has 0 bridgehead atoms. The summed E-state index contributed by atoms with van der Waals surface area (Å²) in [6.45, 7) is 7.19. The van der Waals surface area contributed by atoms with Crippen molar-refractivity contribution in [3.05, 3.63) is 95.1 Å². The van der Waals surface area contributed by atoms with Crippen molar-refractivity contribution in [2.75, 3.05) is 33.0 Å². The van der Waals surface area contributed by atoms with Crippen LogP contribution in [-0.2, 0) is 32.2 Å². The number of aryl methyl sites for hydroxylation is 1. The van der Waals surface area contributed by atoms with Crippen molar-refractivity contribution in [2.24, 2.45) is 5.92 Å². The molecule has 1 fully saturated rings. The predicted molar refractivity (Wildman–Crippen MR) is 161 cm³/mol. The monoisotopic (exact) mass is 591 g/mol. The van der Waals surface area contributed by atoms with Crippen molar-refractivity contribution in [3.63, 3.8) is 0 Å². The second kappa shape index (κ2) is 15.5. The van der Waals surface area contributed by atoms with Crippen molar-refractivity contribution in [1.82, 2.24) is 5.32 Å². The van der Waals surface area contributed by atoms with E-state index in [1.807, 2.05) is 74.5 Å². The zero-order valence-electron chi connectivity index (χ0n) is 25.0. The number of esters is 2. The molecule has 9 nitrogen and oxygen atoms in total. The van der Waals surface area contributed by atoms with E-state index in [9.17, 15) is 14.7 Å². The van der Waals surface area contributed by atoms with E-state index in [0.29, 0.717) is 55.5 Å². The molecule has 0 amide bonds. The fourth-order valence-electron chi connectivity index (χ4n) is 4.42. The van der Waals surface area contributed by atoms with Gasteiger partial charge in [-0.15, -0.1) is 0 Å². The molecule has 1 heterocycles. The van der Waals surface area contributed by atoms with E-state index < -0.39 is 17.6 Å². The van der Waals surface area contributed by atoms with Crippen molar-refractivity contribution in [2.45, 2.75) is 52.0 Å². The summed E-state index contributed by atoms with van der Waals surface area (Å²) in [5, 5.41) is 13.7. The maximum absolute atomic E-state index is 13.1. The van der Waals surface area contributed by atoms with Gasteiger partial charge < -0.3 is 34.1 Å². The first-order valence-electron chi connectivity index (χ1n) is 14.5. The summed E-state index contributed by atoms with van der Waals surface area (Å²) < 4.78 is 28.3. The lowest BCUT2D eigenvalue weighted by atomic mass is 10.1. The number of aliphatic hydroxyl groups excluding tert-OH is 1. The van der Waals surface area contributed by atoms with Crippen LogP contribution in [0.25, 0.3) is 0 Å². The topological polar surface area (TPSA) is 113 Å². The Bertz CT molecular complexity index is 1320. The quantitative estimate of drug-likeness (QED) is 0.245. The summed E-state index contributed by atoms with van der Waals surface area (Å²) in [5.41, 5.74) is 2.37. The molecule has 4 rings (SSSR count). The van der Waals surface area contributed by atoms with Crippen LogP contribution in [-0.4, -0.2) is 61.7 Å². The summed E-state index contributed by atoms with van der Waals surface area (Å²) in [4.78, 5) is 25.2. The Balaban J connectivity index is 1.33. The number of carbonyl (C=O) groups is 2. The van der Waals surface area contributed by atoms with Gasteiger partial charge in [0, 0.05) is 18.7 Å². The van der Waals surface area contributed by atoms with Crippen LogP contribution in [0.1, 0.15) is 47.3 Å². The Kier molecular flexibility index (Phi) is 11.6. The first-order chi connectivity index (χ1) is 20.7. The molecule has 0 aliphatic carbocycles. The van der Waals surface area contributed by atoms with E-state index in [-0.39, 0.29) is 31.6 Å². The Morgan fingerprint density at radius 2 is 1.56 bits per heavy atom. The van der Waals surface area contributed by atoms with Gasteiger partial charge >= 0.3 is 11.9 Å². The Labute approximate surface area is 253 Å². The van der Waals surface area contributed by atoms with Crippen molar-refractivity contribution < 1.29 is 38.4 Å². The Morgan fingerprint density at radius 1 is 0.953 bits per heavy atom. The molecule has 230 valence electrons. The van der Waals surface area contributed by atoms with Gasteiger partial charge in [-0.05, 0) is 56.0 Å². The molecule has 2 N–H and O–H groups in total. The van der Waals surface area contributed by atoms with E-state index in [1.54, 1.807) is 19.1 Å². The van der Waals surface area contributed by atoms with Gasteiger partial charge in [-0.2, -0.15) is 0 Å². The van der Waals surface area contributed by atoms with Crippen LogP contribution in [0.3, 0.4) is 0 Å². The molecule has 0 spiro atoms. The summed E-state index contributed by atoms with van der Waals surface area (Å²) in [7, 11) is 0. The van der Waals surface area contributed by atoms with Crippen molar-refractivity contribution >= 4 is 11.9 Å². The molecule has 9 heteroatoms. The zero-order valence-corrected chi connectivity index (χ0v) is 25.0. The number of rotatable bonds is 15. The van der Waals surface area contributed by atoms with Crippen LogP contribution in [0.4, 0.5) is 0 Å². The molecule has 3 aromatic carbocycles. The molecular formula is C34H41NO8. The molecule has 0 saturated carbocycles. The minimum absolute atomic E-state index is 0.137. The normalized spacial score (nSPS) is 15.5. The van der Waals surface area contributed by atoms with Crippen LogP contribution < -0.4 is 14.8 Å².